The average molecular weight is 439 g/mol. The first-order valence-corrected chi connectivity index (χ1v) is 12.3. The molecule has 1 aromatic rings. The second kappa shape index (κ2) is 12.3. The molecule has 0 heterocycles. The molecule has 0 aliphatic heterocycles. The average Bonchev–Trinajstić information content (AvgIpc) is 2.98. The summed E-state index contributed by atoms with van der Waals surface area (Å²) in [5.74, 6) is 0.471. The molecule has 1 aliphatic carbocycles. The fourth-order valence-electron chi connectivity index (χ4n) is 3.32. The van der Waals surface area contributed by atoms with Crippen molar-refractivity contribution in [2.75, 3.05) is 17.3 Å². The highest BCUT2D eigenvalue weighted by molar-refractivity contribution is 8.01. The summed E-state index contributed by atoms with van der Waals surface area (Å²) in [6.07, 6.45) is 4.59. The molecule has 160 valence electrons. The number of carbonyl (C=O) groups is 2. The maximum atomic E-state index is 12.1. The summed E-state index contributed by atoms with van der Waals surface area (Å²) in [6, 6.07) is 7.50. The van der Waals surface area contributed by atoms with Crippen LogP contribution in [0.4, 0.5) is 0 Å². The van der Waals surface area contributed by atoms with Gasteiger partial charge in [-0.15, -0.1) is 0 Å². The molecule has 3 N–H and O–H groups in total. The lowest BCUT2D eigenvalue weighted by molar-refractivity contribution is -0.133. The van der Waals surface area contributed by atoms with Crippen molar-refractivity contribution in [1.29, 1.82) is 0 Å². The van der Waals surface area contributed by atoms with E-state index in [9.17, 15) is 19.8 Å². The molecule has 2 rings (SSSR count). The van der Waals surface area contributed by atoms with Crippen molar-refractivity contribution < 1.29 is 24.9 Å². The van der Waals surface area contributed by atoms with Crippen LogP contribution < -0.4 is 0 Å². The van der Waals surface area contributed by atoms with Crippen molar-refractivity contribution in [3.05, 3.63) is 41.2 Å². The van der Waals surface area contributed by atoms with E-state index in [0.29, 0.717) is 5.57 Å². The van der Waals surface area contributed by atoms with E-state index in [4.69, 9.17) is 5.11 Å². The Morgan fingerprint density at radius 1 is 1.17 bits per heavy atom. The third-order valence-corrected chi connectivity index (χ3v) is 7.23. The van der Waals surface area contributed by atoms with E-state index in [1.807, 2.05) is 24.3 Å². The Hall–Kier alpha value is -1.44. The maximum Gasteiger partial charge on any atom is 0.313 e. The van der Waals surface area contributed by atoms with Gasteiger partial charge in [-0.05, 0) is 35.5 Å². The number of thioether (sulfide) groups is 2. The minimum Gasteiger partial charge on any atom is -0.504 e. The van der Waals surface area contributed by atoms with Gasteiger partial charge < -0.3 is 15.3 Å². The van der Waals surface area contributed by atoms with Crippen LogP contribution in [-0.4, -0.2) is 49.6 Å². The van der Waals surface area contributed by atoms with Crippen LogP contribution in [0, 0.1) is 0 Å². The number of rotatable bonds is 13. The largest absolute Gasteiger partial charge is 0.504 e. The minimum absolute atomic E-state index is 0.0905. The SMILES string of the molecule is CCCCCC(O)c1ccc(C2=C(O)C(=O)C[C@@H]2SCCCSCC(=O)O)cc1. The van der Waals surface area contributed by atoms with E-state index < -0.39 is 12.1 Å². The molecule has 0 aromatic heterocycles. The second-order valence-corrected chi connectivity index (χ2v) is 9.60. The third-order valence-electron chi connectivity index (χ3n) is 4.88. The smallest absolute Gasteiger partial charge is 0.313 e. The predicted octanol–water partition coefficient (Wildman–Crippen LogP) is 4.85. The number of Topliss-reactive ketones (excluding diaryl/α,β-unsaturated/α-hetero) is 1. The molecular formula is C22H30O5S2. The summed E-state index contributed by atoms with van der Waals surface area (Å²) >= 11 is 3.02. The molecule has 0 radical (unpaired) electrons. The van der Waals surface area contributed by atoms with Gasteiger partial charge >= 0.3 is 5.97 Å². The normalized spacial score (nSPS) is 17.7. The number of allylic oxidation sites excluding steroid dienone is 1. The Balaban J connectivity index is 1.95. The van der Waals surface area contributed by atoms with Crippen LogP contribution >= 0.6 is 23.5 Å². The Labute approximate surface area is 181 Å². The zero-order valence-corrected chi connectivity index (χ0v) is 18.4. The molecule has 0 bridgehead atoms. The van der Waals surface area contributed by atoms with Gasteiger partial charge in [0, 0.05) is 17.2 Å². The van der Waals surface area contributed by atoms with Gasteiger partial charge in [-0.1, -0.05) is 50.5 Å². The van der Waals surface area contributed by atoms with Gasteiger partial charge in [0.1, 0.15) is 0 Å². The molecule has 2 atom stereocenters. The molecule has 5 nitrogen and oxygen atoms in total. The number of hydrogen-bond donors (Lipinski definition) is 3. The number of aliphatic hydroxyl groups is 2. The zero-order valence-electron chi connectivity index (χ0n) is 16.8. The van der Waals surface area contributed by atoms with Gasteiger partial charge in [0.05, 0.1) is 11.9 Å². The van der Waals surface area contributed by atoms with Gasteiger partial charge in [-0.2, -0.15) is 23.5 Å². The monoisotopic (exact) mass is 438 g/mol. The first-order chi connectivity index (χ1) is 13.9. The van der Waals surface area contributed by atoms with Crippen molar-refractivity contribution in [3.63, 3.8) is 0 Å². The Bertz CT molecular complexity index is 714. The third kappa shape index (κ3) is 7.39. The molecule has 0 saturated heterocycles. The summed E-state index contributed by atoms with van der Waals surface area (Å²) in [6.45, 7) is 2.13. The Morgan fingerprint density at radius 3 is 2.55 bits per heavy atom. The van der Waals surface area contributed by atoms with E-state index in [1.54, 1.807) is 11.8 Å². The van der Waals surface area contributed by atoms with Crippen molar-refractivity contribution in [2.45, 2.75) is 56.8 Å². The number of carbonyl (C=O) groups excluding carboxylic acids is 1. The van der Waals surface area contributed by atoms with Crippen molar-refractivity contribution in [3.8, 4) is 0 Å². The molecule has 7 heteroatoms. The summed E-state index contributed by atoms with van der Waals surface area (Å²) in [7, 11) is 0. The lowest BCUT2D eigenvalue weighted by atomic mass is 9.98. The quantitative estimate of drug-likeness (QED) is 0.379. The molecule has 1 aromatic carbocycles. The van der Waals surface area contributed by atoms with Crippen molar-refractivity contribution in [2.24, 2.45) is 0 Å². The maximum absolute atomic E-state index is 12.1. The Morgan fingerprint density at radius 2 is 1.90 bits per heavy atom. The molecule has 29 heavy (non-hydrogen) atoms. The van der Waals surface area contributed by atoms with Crippen LogP contribution in [0.5, 0.6) is 0 Å². The van der Waals surface area contributed by atoms with Crippen LogP contribution in [-0.2, 0) is 9.59 Å². The van der Waals surface area contributed by atoms with Crippen LogP contribution in [0.25, 0.3) is 5.57 Å². The van der Waals surface area contributed by atoms with E-state index in [0.717, 1.165) is 54.7 Å². The highest BCUT2D eigenvalue weighted by atomic mass is 32.2. The lowest BCUT2D eigenvalue weighted by Crippen LogP contribution is -2.05. The highest BCUT2D eigenvalue weighted by Gasteiger charge is 2.33. The summed E-state index contributed by atoms with van der Waals surface area (Å²) in [5.41, 5.74) is 2.34. The second-order valence-electron chi connectivity index (χ2n) is 7.18. The van der Waals surface area contributed by atoms with Crippen LogP contribution in [0.2, 0.25) is 0 Å². The summed E-state index contributed by atoms with van der Waals surface area (Å²) in [5, 5.41) is 29.2. The van der Waals surface area contributed by atoms with Crippen molar-refractivity contribution in [1.82, 2.24) is 0 Å². The van der Waals surface area contributed by atoms with Crippen LogP contribution in [0.3, 0.4) is 0 Å². The van der Waals surface area contributed by atoms with Crippen molar-refractivity contribution >= 4 is 40.8 Å². The number of benzene rings is 1. The van der Waals surface area contributed by atoms with Crippen LogP contribution in [0.1, 0.15) is 62.7 Å². The molecule has 0 spiro atoms. The fourth-order valence-corrected chi connectivity index (χ4v) is 5.45. The molecule has 0 saturated carbocycles. The number of carboxylic acid groups (broad SMARTS) is 1. The van der Waals surface area contributed by atoms with Gasteiger partial charge in [-0.3, -0.25) is 9.59 Å². The van der Waals surface area contributed by atoms with E-state index in [-0.39, 0.29) is 29.0 Å². The number of aliphatic hydroxyl groups excluding tert-OH is 2. The number of hydrogen-bond acceptors (Lipinski definition) is 6. The minimum atomic E-state index is -0.807. The molecule has 0 amide bonds. The number of aliphatic carboxylic acids is 1. The summed E-state index contributed by atoms with van der Waals surface area (Å²) in [4.78, 5) is 22.6. The number of unbranched alkanes of at least 4 members (excludes halogenated alkanes) is 2. The van der Waals surface area contributed by atoms with Crippen LogP contribution in [0.15, 0.2) is 30.0 Å². The van der Waals surface area contributed by atoms with E-state index >= 15 is 0 Å². The van der Waals surface area contributed by atoms with Gasteiger partial charge in [0.2, 0.25) is 0 Å². The molecule has 1 unspecified atom stereocenters. The standard InChI is InChI=1S/C22H30O5S2/c1-2-3-4-6-17(23)15-7-9-16(10-8-15)21-19(13-18(24)22(21)27)29-12-5-11-28-14-20(25)26/h7-10,17,19,23,27H,2-6,11-14H2,1H3,(H,25,26)/t17?,19-/m0/s1. The van der Waals surface area contributed by atoms with E-state index in [2.05, 4.69) is 6.92 Å². The van der Waals surface area contributed by atoms with Gasteiger partial charge in [-0.25, -0.2) is 0 Å². The lowest BCUT2D eigenvalue weighted by Gasteiger charge is -2.16. The number of carboxylic acids is 1. The zero-order chi connectivity index (χ0) is 21.2. The predicted molar refractivity (Wildman–Crippen MR) is 121 cm³/mol. The van der Waals surface area contributed by atoms with Gasteiger partial charge in [0.25, 0.3) is 0 Å². The number of ketones is 1. The highest BCUT2D eigenvalue weighted by Crippen LogP contribution is 2.39. The Kier molecular flexibility index (Phi) is 10.1. The first-order valence-electron chi connectivity index (χ1n) is 10.1. The molecule has 1 aliphatic rings. The molecule has 0 fully saturated rings. The first kappa shape index (κ1) is 23.8. The summed E-state index contributed by atoms with van der Waals surface area (Å²) < 4.78 is 0. The van der Waals surface area contributed by atoms with E-state index in [1.165, 1.54) is 11.8 Å². The fraction of sp³-hybridized carbons (Fsp3) is 0.545. The molecular weight excluding hydrogens is 408 g/mol. The topological polar surface area (TPSA) is 94.8 Å². The van der Waals surface area contributed by atoms with Gasteiger partial charge in [0.15, 0.2) is 11.5 Å².